The molecule has 4 aromatic carbocycles. The molecular weight excluding hydrogens is 1210 g/mol. The number of hydrogen-bond acceptors (Lipinski definition) is 19. The molecule has 2 aliphatic rings. The minimum atomic E-state index is -4.58. The molecule has 6 aromatic rings. The van der Waals surface area contributed by atoms with E-state index >= 15 is 0 Å². The van der Waals surface area contributed by atoms with E-state index in [1.54, 1.807) is 39.8 Å². The quantitative estimate of drug-likeness (QED) is 0.0547. The second kappa shape index (κ2) is 30.3. The molecule has 4 heterocycles. The van der Waals surface area contributed by atoms with Crippen LogP contribution in [0.1, 0.15) is 116 Å². The van der Waals surface area contributed by atoms with Gasteiger partial charge in [-0.1, -0.05) is 67.6 Å². The molecular formula is C58H70F2N8O17S3. The molecule has 4 atom stereocenters. The molecule has 4 N–H and O–H groups in total. The summed E-state index contributed by atoms with van der Waals surface area (Å²) in [6.07, 6.45) is 1.15. The van der Waals surface area contributed by atoms with Crippen molar-refractivity contribution in [2.24, 2.45) is 0 Å². The molecule has 0 aliphatic carbocycles. The van der Waals surface area contributed by atoms with Gasteiger partial charge in [-0.2, -0.15) is 25.3 Å². The van der Waals surface area contributed by atoms with Crippen molar-refractivity contribution >= 4 is 48.3 Å². The largest absolute Gasteiger partial charge is 0.444 e. The lowest BCUT2D eigenvalue weighted by molar-refractivity contribution is 0.0139. The maximum Gasteiger partial charge on any atom is 0.410 e. The molecule has 0 spiro atoms. The first-order valence-electron chi connectivity index (χ1n) is 27.5. The number of methoxy groups -OCH3 is 2. The van der Waals surface area contributed by atoms with E-state index in [2.05, 4.69) is 25.9 Å². The van der Waals surface area contributed by atoms with Crippen molar-refractivity contribution in [2.45, 2.75) is 126 Å². The van der Waals surface area contributed by atoms with Crippen LogP contribution in [-0.2, 0) is 70.7 Å². The Hall–Kier alpha value is -8.00. The van der Waals surface area contributed by atoms with Crippen molar-refractivity contribution in [1.82, 2.24) is 40.0 Å². The topological polar surface area (TPSA) is 329 Å². The van der Waals surface area contributed by atoms with Crippen LogP contribution in [0.15, 0.2) is 129 Å². The van der Waals surface area contributed by atoms with Crippen molar-refractivity contribution in [3.63, 3.8) is 0 Å². The summed E-state index contributed by atoms with van der Waals surface area (Å²) in [6.45, 7) is 9.55. The van der Waals surface area contributed by atoms with Gasteiger partial charge >= 0.3 is 26.3 Å². The molecule has 0 radical (unpaired) electrons. The first-order chi connectivity index (χ1) is 41.5. The van der Waals surface area contributed by atoms with E-state index < -0.39 is 112 Å². The number of fused-ring (bicyclic) bond motifs is 2. The van der Waals surface area contributed by atoms with Crippen LogP contribution in [0.4, 0.5) is 13.6 Å². The Morgan fingerprint density at radius 2 is 1.03 bits per heavy atom. The van der Waals surface area contributed by atoms with E-state index in [0.717, 1.165) is 0 Å². The fraction of sp³-hybridized carbons (Fsp3) is 0.397. The number of aromatic nitrogens is 4. The lowest BCUT2D eigenvalue weighted by Crippen LogP contribution is -2.42. The van der Waals surface area contributed by atoms with Crippen molar-refractivity contribution in [3.8, 4) is 11.5 Å². The van der Waals surface area contributed by atoms with E-state index in [4.69, 9.17) is 27.1 Å². The number of rotatable bonds is 18. The van der Waals surface area contributed by atoms with Crippen LogP contribution in [0.2, 0.25) is 0 Å². The fourth-order valence-corrected chi connectivity index (χ4v) is 11.0. The number of benzene rings is 4. The SMILES string of the molecule is CCN(C(=O)OC(C)(C)C)C1CC[C@H](OC)Cn2c1nc(C(=O)NCc1ccc(F)cc1)c(OS(=O)(=O)c1ccccc1)c2=O.CCNC1CC[C@H](OC)Cn2c1nc(C(=O)NCc1ccc(F)cc1)c(OS(=O)(=O)c1ccccc1)c2=O.CS(=O)(=O)O. The Morgan fingerprint density at radius 1 is 0.636 bits per heavy atom. The molecule has 2 unspecified atom stereocenters. The number of hydrogen-bond donors (Lipinski definition) is 4. The average molecular weight is 1290 g/mol. The van der Waals surface area contributed by atoms with E-state index in [1.165, 1.54) is 125 Å². The maximum absolute atomic E-state index is 14.2. The van der Waals surface area contributed by atoms with Gasteiger partial charge in [0.2, 0.25) is 11.5 Å². The summed E-state index contributed by atoms with van der Waals surface area (Å²) in [7, 11) is -9.70. The van der Waals surface area contributed by atoms with E-state index in [-0.39, 0.29) is 66.3 Å². The summed E-state index contributed by atoms with van der Waals surface area (Å²) in [4.78, 5) is 78.2. The number of carbonyl (C=O) groups is 3. The van der Waals surface area contributed by atoms with Gasteiger partial charge < -0.3 is 38.5 Å². The lowest BCUT2D eigenvalue weighted by Gasteiger charge is -2.32. The van der Waals surface area contributed by atoms with Crippen LogP contribution in [0.25, 0.3) is 0 Å². The first-order valence-corrected chi connectivity index (χ1v) is 32.2. The number of ether oxygens (including phenoxy) is 3. The Morgan fingerprint density at radius 3 is 1.42 bits per heavy atom. The molecule has 25 nitrogen and oxygen atoms in total. The Labute approximate surface area is 508 Å². The van der Waals surface area contributed by atoms with Crippen molar-refractivity contribution in [3.05, 3.63) is 176 Å². The van der Waals surface area contributed by atoms with E-state index in [9.17, 15) is 58.0 Å². The lowest BCUT2D eigenvalue weighted by atomic mass is 10.1. The minimum absolute atomic E-state index is 0.00747. The van der Waals surface area contributed by atoms with Gasteiger partial charge in [0.05, 0.1) is 43.6 Å². The normalized spacial score (nSPS) is 16.7. The number of amides is 3. The van der Waals surface area contributed by atoms with Gasteiger partial charge in [-0.3, -0.25) is 37.8 Å². The summed E-state index contributed by atoms with van der Waals surface area (Å²) < 4.78 is 135. The van der Waals surface area contributed by atoms with Gasteiger partial charge in [-0.05, 0) is 120 Å². The van der Waals surface area contributed by atoms with Gasteiger partial charge in [0.25, 0.3) is 33.1 Å². The smallest absolute Gasteiger partial charge is 0.410 e. The van der Waals surface area contributed by atoms with Gasteiger partial charge in [-0.25, -0.2) is 23.5 Å². The molecule has 2 aliphatic heterocycles. The number of nitrogens with zero attached hydrogens (tertiary/aromatic N) is 5. The molecule has 0 saturated carbocycles. The van der Waals surface area contributed by atoms with Crippen molar-refractivity contribution < 1.29 is 75.5 Å². The molecule has 476 valence electrons. The summed E-state index contributed by atoms with van der Waals surface area (Å²) in [5.41, 5.74) is -2.48. The molecule has 2 aromatic heterocycles. The van der Waals surface area contributed by atoms with Gasteiger partial charge in [0.15, 0.2) is 11.4 Å². The Kier molecular flexibility index (Phi) is 23.8. The highest BCUT2D eigenvalue weighted by Crippen LogP contribution is 2.33. The minimum Gasteiger partial charge on any atom is -0.444 e. The summed E-state index contributed by atoms with van der Waals surface area (Å²) in [5, 5.41) is 8.50. The van der Waals surface area contributed by atoms with Gasteiger partial charge in [0.1, 0.15) is 38.7 Å². The molecule has 0 saturated heterocycles. The third-order valence-corrected chi connectivity index (χ3v) is 15.8. The van der Waals surface area contributed by atoms with Crippen LogP contribution < -0.4 is 35.4 Å². The monoisotopic (exact) mass is 1280 g/mol. The third kappa shape index (κ3) is 19.0. The summed E-state index contributed by atoms with van der Waals surface area (Å²) in [6, 6.07) is 24.1. The summed E-state index contributed by atoms with van der Waals surface area (Å²) >= 11 is 0. The standard InChI is InChI=1S/C31H37FN4O8S.C26H29FN4O6S.CH4O3S/c1-6-35(30(39)43-31(2,3)4)24-17-16-22(42-5)19-36-27(24)34-25(28(37)33-18-20-12-14-21(32)15-13-20)26(29(36)38)44-45(40,41)23-10-8-7-9-11-23;1-3-28-21-14-13-19(36-2)16-31-24(21)30-22(25(32)29-15-17-9-11-18(27)12-10-17)23(26(31)33)37-38(34,35)20-7-5-4-6-8-20;1-5(2,3)4/h7-15,22,24H,6,16-19H2,1-5H3,(H,33,37);4-12,19,21,28H,3,13-16H2,1-2H3,(H,29,32);1H3,(H,2,3,4)/t22-,24?;19-,21?;/m00./s1. The van der Waals surface area contributed by atoms with Crippen LogP contribution in [0.5, 0.6) is 11.5 Å². The highest BCUT2D eigenvalue weighted by Gasteiger charge is 2.39. The number of carbonyl (C=O) groups excluding carboxylic acids is 3. The number of halogens is 2. The predicted octanol–water partition coefficient (Wildman–Crippen LogP) is 6.23. The van der Waals surface area contributed by atoms with Crippen molar-refractivity contribution in [2.75, 3.05) is 33.6 Å². The molecule has 88 heavy (non-hydrogen) atoms. The Bertz CT molecular complexity index is 3870. The second-order valence-electron chi connectivity index (χ2n) is 20.9. The van der Waals surface area contributed by atoms with Crippen molar-refractivity contribution in [1.29, 1.82) is 0 Å². The zero-order chi connectivity index (χ0) is 64.7. The summed E-state index contributed by atoms with van der Waals surface area (Å²) in [5.74, 6) is -3.79. The molecule has 0 bridgehead atoms. The van der Waals surface area contributed by atoms with E-state index in [1.807, 2.05) is 6.92 Å². The first kappa shape index (κ1) is 69.1. The van der Waals surface area contributed by atoms with Crippen LogP contribution >= 0.6 is 0 Å². The highest BCUT2D eigenvalue weighted by atomic mass is 32.2. The zero-order valence-electron chi connectivity index (χ0n) is 49.5. The average Bonchev–Trinajstić information content (AvgIpc) is 2.11. The van der Waals surface area contributed by atoms with Crippen LogP contribution in [0, 0.1) is 11.6 Å². The van der Waals surface area contributed by atoms with E-state index in [0.29, 0.717) is 49.6 Å². The Balaban J connectivity index is 0.000000264. The highest BCUT2D eigenvalue weighted by molar-refractivity contribution is 7.87. The second-order valence-corrected chi connectivity index (χ2v) is 25.5. The zero-order valence-corrected chi connectivity index (χ0v) is 51.9. The molecule has 30 heteroatoms. The number of nitrogens with one attached hydrogen (secondary N) is 3. The molecule has 0 fully saturated rings. The third-order valence-electron chi connectivity index (χ3n) is 13.3. The molecule has 3 amide bonds. The van der Waals surface area contributed by atoms with Gasteiger partial charge in [-0.15, -0.1) is 0 Å². The van der Waals surface area contributed by atoms with Crippen LogP contribution in [-0.4, -0.2) is 123 Å². The predicted molar refractivity (Wildman–Crippen MR) is 316 cm³/mol. The van der Waals surface area contributed by atoms with Gasteiger partial charge in [0, 0.05) is 33.9 Å². The fourth-order valence-electron chi connectivity index (χ4n) is 9.13. The molecule has 8 rings (SSSR count). The maximum atomic E-state index is 14.2. The van der Waals surface area contributed by atoms with Crippen LogP contribution in [0.3, 0.4) is 0 Å².